The highest BCUT2D eigenvalue weighted by atomic mass is 19.3. The van der Waals surface area contributed by atoms with Crippen LogP contribution in [0.2, 0.25) is 0 Å². The van der Waals surface area contributed by atoms with E-state index in [1.54, 1.807) is 6.92 Å². The van der Waals surface area contributed by atoms with Crippen molar-refractivity contribution in [1.29, 1.82) is 0 Å². The second kappa shape index (κ2) is 9.46. The Labute approximate surface area is 206 Å². The van der Waals surface area contributed by atoms with Gasteiger partial charge in [-0.2, -0.15) is 8.78 Å². The van der Waals surface area contributed by atoms with E-state index in [4.69, 9.17) is 0 Å². The Bertz CT molecular complexity index is 1380. The third-order valence-corrected chi connectivity index (χ3v) is 6.55. The molecule has 0 fully saturated rings. The number of halogens is 9. The lowest BCUT2D eigenvalue weighted by atomic mass is 9.72. The molecule has 0 spiro atoms. The normalized spacial score (nSPS) is 20.1. The molecule has 0 bridgehead atoms. The molecule has 0 heterocycles. The van der Waals surface area contributed by atoms with Gasteiger partial charge in [0, 0.05) is 28.7 Å². The van der Waals surface area contributed by atoms with Gasteiger partial charge in [-0.05, 0) is 49.5 Å². The van der Waals surface area contributed by atoms with Crippen LogP contribution in [-0.2, 0) is 11.5 Å². The van der Waals surface area contributed by atoms with Crippen LogP contribution >= 0.6 is 0 Å². The predicted molar refractivity (Wildman–Crippen MR) is 118 cm³/mol. The zero-order valence-corrected chi connectivity index (χ0v) is 19.4. The fourth-order valence-corrected chi connectivity index (χ4v) is 4.29. The van der Waals surface area contributed by atoms with Crippen molar-refractivity contribution in [2.75, 3.05) is 0 Å². The van der Waals surface area contributed by atoms with Crippen molar-refractivity contribution in [2.45, 2.75) is 38.2 Å². The van der Waals surface area contributed by atoms with E-state index < -0.39 is 74.7 Å². The van der Waals surface area contributed by atoms with Crippen LogP contribution in [-0.4, -0.2) is 0 Å². The summed E-state index contributed by atoms with van der Waals surface area (Å²) in [6.07, 6.45) is -2.15. The van der Waals surface area contributed by atoms with E-state index in [0.29, 0.717) is 25.0 Å². The summed E-state index contributed by atoms with van der Waals surface area (Å²) in [5.74, 6) is -12.2. The highest BCUT2D eigenvalue weighted by Crippen LogP contribution is 2.44. The lowest BCUT2D eigenvalue weighted by molar-refractivity contribution is -0.187. The van der Waals surface area contributed by atoms with Gasteiger partial charge in [0.15, 0.2) is 29.1 Å². The zero-order chi connectivity index (χ0) is 27.3. The Kier molecular flexibility index (Phi) is 6.81. The van der Waals surface area contributed by atoms with Crippen molar-refractivity contribution in [2.24, 2.45) is 5.92 Å². The quantitative estimate of drug-likeness (QED) is 0.237. The predicted octanol–water partition coefficient (Wildman–Crippen LogP) is 8.86. The van der Waals surface area contributed by atoms with Crippen molar-refractivity contribution >= 4 is 0 Å². The first-order valence-electron chi connectivity index (χ1n) is 11.1. The minimum atomic E-state index is -4.64. The van der Waals surface area contributed by atoms with Crippen LogP contribution in [0.25, 0.3) is 11.1 Å². The van der Waals surface area contributed by atoms with E-state index in [1.165, 1.54) is 12.1 Å². The van der Waals surface area contributed by atoms with Crippen LogP contribution < -0.4 is 4.74 Å². The summed E-state index contributed by atoms with van der Waals surface area (Å²) in [7, 11) is 0. The minimum absolute atomic E-state index is 0.0102. The first-order chi connectivity index (χ1) is 17.2. The van der Waals surface area contributed by atoms with Gasteiger partial charge in [-0.25, -0.2) is 30.7 Å². The van der Waals surface area contributed by atoms with E-state index in [1.807, 2.05) is 6.92 Å². The maximum atomic E-state index is 15.0. The third-order valence-electron chi connectivity index (χ3n) is 6.55. The highest BCUT2D eigenvalue weighted by molar-refractivity contribution is 5.66. The van der Waals surface area contributed by atoms with Crippen LogP contribution in [0.4, 0.5) is 39.5 Å². The number of alkyl halides is 2. The van der Waals surface area contributed by atoms with Gasteiger partial charge >= 0.3 is 6.11 Å². The second-order valence-electron chi connectivity index (χ2n) is 9.17. The smallest absolute Gasteiger partial charge is 0.429 e. The van der Waals surface area contributed by atoms with Crippen molar-refractivity contribution in [3.8, 4) is 16.9 Å². The van der Waals surface area contributed by atoms with Gasteiger partial charge in [-0.1, -0.05) is 25.1 Å². The monoisotopic (exact) mass is 530 g/mol. The fourth-order valence-electron chi connectivity index (χ4n) is 4.29. The van der Waals surface area contributed by atoms with E-state index >= 15 is 4.39 Å². The first-order valence-corrected chi connectivity index (χ1v) is 11.1. The van der Waals surface area contributed by atoms with Gasteiger partial charge in [0.05, 0.1) is 0 Å². The Hall–Kier alpha value is -3.43. The zero-order valence-electron chi connectivity index (χ0n) is 19.4. The fraction of sp³-hybridized carbons (Fsp3) is 0.259. The molecule has 0 saturated carbocycles. The maximum Gasteiger partial charge on any atom is 0.429 e. The molecule has 1 nitrogen and oxygen atoms in total. The highest BCUT2D eigenvalue weighted by Gasteiger charge is 2.40. The van der Waals surface area contributed by atoms with Crippen molar-refractivity contribution in [1.82, 2.24) is 0 Å². The molecular formula is C27H19F9O. The summed E-state index contributed by atoms with van der Waals surface area (Å²) in [6.45, 7) is 3.43. The van der Waals surface area contributed by atoms with Gasteiger partial charge in [-0.3, -0.25) is 0 Å². The van der Waals surface area contributed by atoms with Crippen molar-refractivity contribution < 1.29 is 44.3 Å². The van der Waals surface area contributed by atoms with Crippen LogP contribution in [0.5, 0.6) is 5.75 Å². The summed E-state index contributed by atoms with van der Waals surface area (Å²) < 4.78 is 132. The van der Waals surface area contributed by atoms with Crippen molar-refractivity contribution in [3.63, 3.8) is 0 Å². The number of allylic oxidation sites excluding steroid dienone is 2. The molecule has 10 heteroatoms. The van der Waals surface area contributed by atoms with E-state index in [-0.39, 0.29) is 23.6 Å². The molecule has 0 aliphatic heterocycles. The number of benzene rings is 3. The Morgan fingerprint density at radius 1 is 0.784 bits per heavy atom. The van der Waals surface area contributed by atoms with Crippen LogP contribution in [0, 0.1) is 40.8 Å². The number of rotatable bonds is 5. The maximum absolute atomic E-state index is 15.0. The molecule has 1 unspecified atom stereocenters. The SMILES string of the molecule is CC1C=C(F)[C@@](C)(c2ccc(-c3ccc(C(F)(F)Oc4cc(F)c(F)c(F)c4)c(F)c3F)c(F)c2)CC1. The van der Waals surface area contributed by atoms with Crippen LogP contribution in [0.1, 0.15) is 37.8 Å². The largest absolute Gasteiger partial charge is 0.429 e. The average molecular weight is 530 g/mol. The van der Waals surface area contributed by atoms with Gasteiger partial charge in [-0.15, -0.1) is 0 Å². The topological polar surface area (TPSA) is 9.23 Å². The molecule has 1 aliphatic rings. The average Bonchev–Trinajstić information content (AvgIpc) is 2.81. The summed E-state index contributed by atoms with van der Waals surface area (Å²) in [5, 5.41) is 0. The molecule has 0 radical (unpaired) electrons. The Morgan fingerprint density at radius 2 is 1.41 bits per heavy atom. The Morgan fingerprint density at radius 3 is 2.00 bits per heavy atom. The summed E-state index contributed by atoms with van der Waals surface area (Å²) >= 11 is 0. The van der Waals surface area contributed by atoms with Crippen LogP contribution in [0.15, 0.2) is 54.4 Å². The van der Waals surface area contributed by atoms with Gasteiger partial charge in [0.2, 0.25) is 0 Å². The van der Waals surface area contributed by atoms with Crippen LogP contribution in [0.3, 0.4) is 0 Å². The minimum Gasteiger partial charge on any atom is -0.429 e. The molecule has 1 aliphatic carbocycles. The number of ether oxygens (including phenoxy) is 1. The third kappa shape index (κ3) is 4.81. The molecule has 3 aromatic rings. The Balaban J connectivity index is 1.68. The molecule has 37 heavy (non-hydrogen) atoms. The first kappa shape index (κ1) is 26.6. The van der Waals surface area contributed by atoms with E-state index in [9.17, 15) is 35.1 Å². The van der Waals surface area contributed by atoms with Gasteiger partial charge < -0.3 is 4.74 Å². The molecule has 3 aromatic carbocycles. The lowest BCUT2D eigenvalue weighted by Crippen LogP contribution is -2.27. The molecular weight excluding hydrogens is 511 g/mol. The molecule has 0 saturated heterocycles. The molecule has 0 amide bonds. The number of hydrogen-bond donors (Lipinski definition) is 0. The van der Waals surface area contributed by atoms with Gasteiger partial charge in [0.1, 0.15) is 23.0 Å². The van der Waals surface area contributed by atoms with E-state index in [2.05, 4.69) is 4.74 Å². The number of hydrogen-bond acceptors (Lipinski definition) is 1. The molecule has 0 N–H and O–H groups in total. The summed E-state index contributed by atoms with van der Waals surface area (Å²) in [6, 6.07) is 4.75. The standard InChI is InChI=1S/C27H19F9O/c1-13-7-8-26(2,22(31)9-13)14-3-4-16(19(28)10-14)17-5-6-18(24(33)23(17)32)27(35,36)37-15-11-20(29)25(34)21(30)12-15/h3-6,9-13H,7-8H2,1-2H3/t13?,26-/m1/s1. The molecule has 196 valence electrons. The molecule has 4 rings (SSSR count). The second-order valence-corrected chi connectivity index (χ2v) is 9.17. The lowest BCUT2D eigenvalue weighted by Gasteiger charge is -2.34. The summed E-state index contributed by atoms with van der Waals surface area (Å²) in [4.78, 5) is 0. The molecule has 2 atom stereocenters. The van der Waals surface area contributed by atoms with E-state index in [0.717, 1.165) is 12.1 Å². The van der Waals surface area contributed by atoms with Gasteiger partial charge in [0.25, 0.3) is 0 Å². The van der Waals surface area contributed by atoms with Crippen molar-refractivity contribution in [3.05, 3.63) is 100 Å². The molecule has 0 aromatic heterocycles. The summed E-state index contributed by atoms with van der Waals surface area (Å²) in [5.41, 5.74) is -3.65.